The Morgan fingerprint density at radius 2 is 2.00 bits per heavy atom. The highest BCUT2D eigenvalue weighted by molar-refractivity contribution is 7.74. The zero-order valence-electron chi connectivity index (χ0n) is 8.12. The van der Waals surface area contributed by atoms with Gasteiger partial charge in [0.1, 0.15) is 0 Å². The van der Waals surface area contributed by atoms with Gasteiger partial charge in [-0.25, -0.2) is 4.21 Å². The maximum absolute atomic E-state index is 10.0. The molecule has 0 saturated carbocycles. The van der Waals surface area contributed by atoms with Crippen LogP contribution >= 0.6 is 0 Å². The predicted octanol–water partition coefficient (Wildman–Crippen LogP) is 1.87. The van der Waals surface area contributed by atoms with E-state index in [0.717, 1.165) is 6.42 Å². The molecule has 0 rings (SSSR count). The molecule has 4 heteroatoms. The van der Waals surface area contributed by atoms with Crippen molar-refractivity contribution in [2.24, 2.45) is 11.3 Å². The smallest absolute Gasteiger partial charge is 0.0842 e. The molecule has 0 aliphatic heterocycles. The van der Waals surface area contributed by atoms with Gasteiger partial charge < -0.3 is 8.74 Å². The Morgan fingerprint density at radius 3 is 2.33 bits per heavy atom. The molecule has 0 aliphatic carbocycles. The van der Waals surface area contributed by atoms with Gasteiger partial charge in [-0.2, -0.15) is 0 Å². The quantitative estimate of drug-likeness (QED) is 0.640. The number of hydrogen-bond donors (Lipinski definition) is 0. The van der Waals surface area contributed by atoms with Gasteiger partial charge in [0, 0.05) is 0 Å². The van der Waals surface area contributed by atoms with Gasteiger partial charge in [0.05, 0.1) is 18.0 Å². The van der Waals surface area contributed by atoms with Crippen LogP contribution in [0.3, 0.4) is 0 Å². The third kappa shape index (κ3) is 8.17. The number of rotatable bonds is 4. The minimum atomic E-state index is -2.36. The summed E-state index contributed by atoms with van der Waals surface area (Å²) >= 11 is -2.36. The molecule has 0 spiro atoms. The van der Waals surface area contributed by atoms with Crippen molar-refractivity contribution in [2.75, 3.05) is 6.61 Å². The molecule has 2 atom stereocenters. The second kappa shape index (κ2) is 4.94. The molecule has 2 unspecified atom stereocenters. The van der Waals surface area contributed by atoms with Crippen LogP contribution in [0, 0.1) is 11.3 Å². The fraction of sp³-hybridized carbons (Fsp3) is 1.00. The van der Waals surface area contributed by atoms with Crippen LogP contribution in [0.2, 0.25) is 0 Å². The maximum Gasteiger partial charge on any atom is 0.0842 e. The molecule has 0 aromatic rings. The third-order valence-corrected chi connectivity index (χ3v) is 1.74. The summed E-state index contributed by atoms with van der Waals surface area (Å²) in [6.45, 7) is 8.64. The highest BCUT2D eigenvalue weighted by Crippen LogP contribution is 2.24. The molecule has 12 heavy (non-hydrogen) atoms. The Morgan fingerprint density at radius 1 is 1.50 bits per heavy atom. The highest BCUT2D eigenvalue weighted by Gasteiger charge is 2.15. The van der Waals surface area contributed by atoms with Gasteiger partial charge in [-0.05, 0) is 17.8 Å². The van der Waals surface area contributed by atoms with E-state index in [-0.39, 0.29) is 17.9 Å². The molecule has 0 N–H and O–H groups in total. The van der Waals surface area contributed by atoms with Gasteiger partial charge in [0.25, 0.3) is 0 Å². The van der Waals surface area contributed by atoms with Crippen molar-refractivity contribution in [2.45, 2.75) is 34.1 Å². The Labute approximate surface area is 77.0 Å². The van der Waals surface area contributed by atoms with E-state index >= 15 is 0 Å². The first-order chi connectivity index (χ1) is 5.31. The number of hydrogen-bond acceptors (Lipinski definition) is 3. The first-order valence-corrected chi connectivity index (χ1v) is 5.04. The first kappa shape index (κ1) is 12.1. The normalized spacial score (nSPS) is 17.4. The van der Waals surface area contributed by atoms with Crippen molar-refractivity contribution in [1.82, 2.24) is 0 Å². The summed E-state index contributed by atoms with van der Waals surface area (Å²) in [6, 6.07) is 0. The summed E-state index contributed by atoms with van der Waals surface area (Å²) in [5.41, 5.74) is 0.229. The standard InChI is InChI=1S/C8H18O3S/c1-7(5-8(2,3)4)6-11-12(9)10/h7H,5-6H2,1-4H3,(H,9,10)/p-1. The average molecular weight is 193 g/mol. The molecule has 0 aromatic heterocycles. The van der Waals surface area contributed by atoms with Crippen LogP contribution < -0.4 is 0 Å². The molecule has 0 heterocycles. The fourth-order valence-electron chi connectivity index (χ4n) is 1.28. The van der Waals surface area contributed by atoms with Crippen LogP contribution in [-0.4, -0.2) is 15.4 Å². The molecule has 0 aliphatic rings. The van der Waals surface area contributed by atoms with Crippen molar-refractivity contribution < 1.29 is 12.9 Å². The molecule has 74 valence electrons. The first-order valence-electron chi connectivity index (χ1n) is 4.04. The average Bonchev–Trinajstić information content (AvgIpc) is 1.79. The molecule has 0 amide bonds. The van der Waals surface area contributed by atoms with Crippen LogP contribution in [0.4, 0.5) is 0 Å². The van der Waals surface area contributed by atoms with E-state index in [0.29, 0.717) is 0 Å². The van der Waals surface area contributed by atoms with Crippen molar-refractivity contribution in [3.05, 3.63) is 0 Å². The van der Waals surface area contributed by atoms with Gasteiger partial charge in [-0.3, -0.25) is 0 Å². The van der Waals surface area contributed by atoms with E-state index in [1.165, 1.54) is 0 Å². The van der Waals surface area contributed by atoms with E-state index in [2.05, 4.69) is 25.0 Å². The summed E-state index contributed by atoms with van der Waals surface area (Å²) in [5.74, 6) is 0.280. The molecule has 0 radical (unpaired) electrons. The third-order valence-electron chi connectivity index (χ3n) is 1.41. The minimum Gasteiger partial charge on any atom is -0.750 e. The van der Waals surface area contributed by atoms with E-state index in [4.69, 9.17) is 0 Å². The van der Waals surface area contributed by atoms with E-state index in [9.17, 15) is 8.76 Å². The lowest BCUT2D eigenvalue weighted by Crippen LogP contribution is -2.15. The summed E-state index contributed by atoms with van der Waals surface area (Å²) < 4.78 is 24.6. The molecule has 0 bridgehead atoms. The summed E-state index contributed by atoms with van der Waals surface area (Å²) in [7, 11) is 0. The zero-order valence-corrected chi connectivity index (χ0v) is 8.94. The monoisotopic (exact) mass is 193 g/mol. The van der Waals surface area contributed by atoms with Crippen molar-refractivity contribution in [1.29, 1.82) is 0 Å². The summed E-state index contributed by atoms with van der Waals surface area (Å²) in [5, 5.41) is 0. The van der Waals surface area contributed by atoms with Crippen LogP contribution in [-0.2, 0) is 15.5 Å². The van der Waals surface area contributed by atoms with E-state index in [1.54, 1.807) is 0 Å². The van der Waals surface area contributed by atoms with Crippen molar-refractivity contribution >= 4 is 11.4 Å². The molecule has 0 aromatic carbocycles. The molecule has 0 fully saturated rings. The van der Waals surface area contributed by atoms with Crippen LogP contribution in [0.5, 0.6) is 0 Å². The van der Waals surface area contributed by atoms with Gasteiger partial charge >= 0.3 is 0 Å². The summed E-state index contributed by atoms with van der Waals surface area (Å²) in [6.07, 6.45) is 0.962. The molecular formula is C8H17O3S-. The predicted molar refractivity (Wildman–Crippen MR) is 48.1 cm³/mol. The maximum atomic E-state index is 10.0. The Kier molecular flexibility index (Phi) is 4.97. The second-order valence-corrected chi connectivity index (χ2v) is 5.00. The Hall–Kier alpha value is 0.0700. The van der Waals surface area contributed by atoms with Crippen LogP contribution in [0.1, 0.15) is 34.1 Å². The lowest BCUT2D eigenvalue weighted by atomic mass is 9.86. The SMILES string of the molecule is CC(COS(=O)[O-])CC(C)(C)C. The van der Waals surface area contributed by atoms with Gasteiger partial charge in [0.2, 0.25) is 0 Å². The second-order valence-electron chi connectivity index (χ2n) is 4.36. The zero-order chi connectivity index (χ0) is 9.78. The summed E-state index contributed by atoms with van der Waals surface area (Å²) in [4.78, 5) is 0. The van der Waals surface area contributed by atoms with Crippen LogP contribution in [0.15, 0.2) is 0 Å². The topological polar surface area (TPSA) is 49.4 Å². The molecular weight excluding hydrogens is 176 g/mol. The Balaban J connectivity index is 3.60. The van der Waals surface area contributed by atoms with Gasteiger partial charge in [-0.15, -0.1) is 0 Å². The Bertz CT molecular complexity index is 151. The van der Waals surface area contributed by atoms with E-state index < -0.39 is 11.4 Å². The van der Waals surface area contributed by atoms with Gasteiger partial charge in [0.15, 0.2) is 0 Å². The lowest BCUT2D eigenvalue weighted by Gasteiger charge is -2.23. The molecule has 0 saturated heterocycles. The molecule has 3 nitrogen and oxygen atoms in total. The van der Waals surface area contributed by atoms with Crippen LogP contribution in [0.25, 0.3) is 0 Å². The largest absolute Gasteiger partial charge is 0.750 e. The highest BCUT2D eigenvalue weighted by atomic mass is 32.2. The van der Waals surface area contributed by atoms with Gasteiger partial charge in [-0.1, -0.05) is 27.7 Å². The van der Waals surface area contributed by atoms with E-state index in [1.807, 2.05) is 6.92 Å². The lowest BCUT2D eigenvalue weighted by molar-refractivity contribution is 0.206. The minimum absolute atomic E-state index is 0.229. The fourth-order valence-corrected chi connectivity index (χ4v) is 1.62. The van der Waals surface area contributed by atoms with Crippen molar-refractivity contribution in [3.63, 3.8) is 0 Å². The van der Waals surface area contributed by atoms with Crippen molar-refractivity contribution in [3.8, 4) is 0 Å².